The third-order valence-electron chi connectivity index (χ3n) is 3.50. The summed E-state index contributed by atoms with van der Waals surface area (Å²) in [5, 5.41) is 4.26. The minimum Gasteiger partial charge on any atom is -0.370 e. The molecular formula is C17H25N5. The number of guanidine groups is 1. The van der Waals surface area contributed by atoms with Crippen molar-refractivity contribution in [3.05, 3.63) is 35.9 Å². The first-order valence-corrected chi connectivity index (χ1v) is 7.71. The van der Waals surface area contributed by atoms with E-state index >= 15 is 0 Å². The Hall–Kier alpha value is -2.30. The molecule has 1 aromatic carbocycles. The molecule has 3 N–H and O–H groups in total. The fourth-order valence-electron chi connectivity index (χ4n) is 2.21. The summed E-state index contributed by atoms with van der Waals surface area (Å²) in [7, 11) is 3.98. The number of pyridine rings is 1. The van der Waals surface area contributed by atoms with Gasteiger partial charge in [-0.2, -0.15) is 0 Å². The Morgan fingerprint density at radius 3 is 2.82 bits per heavy atom. The summed E-state index contributed by atoms with van der Waals surface area (Å²) >= 11 is 0. The summed E-state index contributed by atoms with van der Waals surface area (Å²) in [6.45, 7) is 3.57. The summed E-state index contributed by atoms with van der Waals surface area (Å²) in [5.41, 5.74) is 8.03. The molecule has 0 fully saturated rings. The highest BCUT2D eigenvalue weighted by atomic mass is 15.1. The lowest BCUT2D eigenvalue weighted by molar-refractivity contribution is 0.748. The number of nitrogens with one attached hydrogen (secondary N) is 1. The minimum atomic E-state index is 0.501. The second-order valence-corrected chi connectivity index (χ2v) is 5.53. The van der Waals surface area contributed by atoms with Gasteiger partial charge in [-0.25, -0.2) is 9.98 Å². The van der Waals surface area contributed by atoms with Crippen LogP contribution in [-0.2, 0) is 6.54 Å². The fourth-order valence-corrected chi connectivity index (χ4v) is 2.21. The van der Waals surface area contributed by atoms with E-state index in [1.54, 1.807) is 0 Å². The van der Waals surface area contributed by atoms with E-state index in [-0.39, 0.29) is 0 Å². The molecule has 1 heterocycles. The van der Waals surface area contributed by atoms with Crippen LogP contribution in [0.2, 0.25) is 0 Å². The molecule has 0 bridgehead atoms. The van der Waals surface area contributed by atoms with Gasteiger partial charge in [0.2, 0.25) is 0 Å². The van der Waals surface area contributed by atoms with Crippen LogP contribution >= 0.6 is 0 Å². The van der Waals surface area contributed by atoms with Gasteiger partial charge in [0, 0.05) is 26.0 Å². The lowest BCUT2D eigenvalue weighted by Gasteiger charge is -2.14. The molecule has 5 heteroatoms. The summed E-state index contributed by atoms with van der Waals surface area (Å²) < 4.78 is 0. The first kappa shape index (κ1) is 16.1. The molecule has 5 nitrogen and oxygen atoms in total. The van der Waals surface area contributed by atoms with Gasteiger partial charge < -0.3 is 16.0 Å². The monoisotopic (exact) mass is 299 g/mol. The smallest absolute Gasteiger partial charge is 0.188 e. The van der Waals surface area contributed by atoms with Crippen molar-refractivity contribution in [3.8, 4) is 0 Å². The number of nitrogens with two attached hydrogens (primary N) is 1. The van der Waals surface area contributed by atoms with E-state index in [0.717, 1.165) is 41.7 Å². The van der Waals surface area contributed by atoms with Crippen LogP contribution in [0.3, 0.4) is 0 Å². The molecule has 0 amide bonds. The molecule has 118 valence electrons. The normalized spacial score (nSPS) is 11.7. The van der Waals surface area contributed by atoms with Gasteiger partial charge in [0.25, 0.3) is 0 Å². The van der Waals surface area contributed by atoms with Gasteiger partial charge in [0.15, 0.2) is 5.96 Å². The van der Waals surface area contributed by atoms with E-state index in [0.29, 0.717) is 12.5 Å². The number of aliphatic imine (C=N–C) groups is 1. The van der Waals surface area contributed by atoms with E-state index in [1.165, 1.54) is 0 Å². The number of unbranched alkanes of at least 4 members (excludes halogenated alkanes) is 1. The topological polar surface area (TPSA) is 66.5 Å². The molecule has 0 aliphatic carbocycles. The van der Waals surface area contributed by atoms with Crippen molar-refractivity contribution in [2.45, 2.75) is 26.3 Å². The first-order valence-electron chi connectivity index (χ1n) is 7.71. The lowest BCUT2D eigenvalue weighted by Crippen LogP contribution is -2.32. The maximum absolute atomic E-state index is 5.92. The Bertz CT molecular complexity index is 649. The molecule has 0 unspecified atom stereocenters. The van der Waals surface area contributed by atoms with Crippen molar-refractivity contribution >= 4 is 22.7 Å². The van der Waals surface area contributed by atoms with Gasteiger partial charge in [-0.05, 0) is 24.1 Å². The lowest BCUT2D eigenvalue weighted by atomic mass is 10.1. The zero-order valence-electron chi connectivity index (χ0n) is 13.6. The highest BCUT2D eigenvalue weighted by molar-refractivity contribution is 5.84. The third-order valence-corrected chi connectivity index (χ3v) is 3.50. The van der Waals surface area contributed by atoms with Crippen LogP contribution in [-0.4, -0.2) is 31.6 Å². The summed E-state index contributed by atoms with van der Waals surface area (Å²) in [6, 6.07) is 10.2. The van der Waals surface area contributed by atoms with E-state index in [1.807, 2.05) is 37.2 Å². The van der Waals surface area contributed by atoms with Gasteiger partial charge in [0.05, 0.1) is 12.1 Å². The molecule has 2 rings (SSSR count). The summed E-state index contributed by atoms with van der Waals surface area (Å²) in [5.74, 6) is 1.43. The average Bonchev–Trinajstić information content (AvgIpc) is 2.52. The van der Waals surface area contributed by atoms with Crippen LogP contribution < -0.4 is 16.0 Å². The van der Waals surface area contributed by atoms with Crippen molar-refractivity contribution in [1.29, 1.82) is 0 Å². The average molecular weight is 299 g/mol. The molecule has 0 radical (unpaired) electrons. The molecule has 22 heavy (non-hydrogen) atoms. The predicted molar refractivity (Wildman–Crippen MR) is 94.3 cm³/mol. The molecule has 0 spiro atoms. The largest absolute Gasteiger partial charge is 0.370 e. The van der Waals surface area contributed by atoms with Crippen molar-refractivity contribution in [2.24, 2.45) is 10.7 Å². The second-order valence-electron chi connectivity index (χ2n) is 5.53. The van der Waals surface area contributed by atoms with E-state index in [9.17, 15) is 0 Å². The number of rotatable bonds is 6. The van der Waals surface area contributed by atoms with Crippen LogP contribution in [0.1, 0.15) is 25.3 Å². The van der Waals surface area contributed by atoms with Crippen molar-refractivity contribution in [2.75, 3.05) is 25.5 Å². The minimum absolute atomic E-state index is 0.501. The van der Waals surface area contributed by atoms with E-state index < -0.39 is 0 Å². The maximum atomic E-state index is 5.92. The van der Waals surface area contributed by atoms with Crippen LogP contribution in [0, 0.1) is 0 Å². The van der Waals surface area contributed by atoms with Crippen LogP contribution in [0.5, 0.6) is 0 Å². The Labute approximate surface area is 132 Å². The highest BCUT2D eigenvalue weighted by Gasteiger charge is 2.06. The van der Waals surface area contributed by atoms with E-state index in [2.05, 4.69) is 34.3 Å². The zero-order chi connectivity index (χ0) is 15.9. The number of aromatic nitrogens is 1. The molecule has 0 atom stereocenters. The van der Waals surface area contributed by atoms with Gasteiger partial charge in [-0.3, -0.25) is 0 Å². The van der Waals surface area contributed by atoms with E-state index in [4.69, 9.17) is 5.73 Å². The molecule has 0 saturated carbocycles. The van der Waals surface area contributed by atoms with Crippen molar-refractivity contribution < 1.29 is 0 Å². The number of benzene rings is 1. The number of anilines is 1. The maximum Gasteiger partial charge on any atom is 0.188 e. The number of hydrogen-bond acceptors (Lipinski definition) is 3. The Morgan fingerprint density at radius 2 is 2.09 bits per heavy atom. The second kappa shape index (κ2) is 7.64. The standard InChI is InChI=1S/C17H25N5/c1-4-5-10-19-17(18)20-12-13-11-16(22(2)3)21-15-9-7-6-8-14(13)15/h6-9,11H,4-5,10,12H2,1-3H3,(H3,18,19,20). The summed E-state index contributed by atoms with van der Waals surface area (Å²) in [6.07, 6.45) is 2.24. The van der Waals surface area contributed by atoms with Gasteiger partial charge in [-0.15, -0.1) is 0 Å². The van der Waals surface area contributed by atoms with Gasteiger partial charge >= 0.3 is 0 Å². The number of nitrogens with zero attached hydrogens (tertiary/aromatic N) is 3. The Balaban J connectivity index is 2.24. The number of fused-ring (bicyclic) bond motifs is 1. The SMILES string of the molecule is CCCCNC(N)=NCc1cc(N(C)C)nc2ccccc12. The van der Waals surface area contributed by atoms with Crippen molar-refractivity contribution in [1.82, 2.24) is 10.3 Å². The molecule has 2 aromatic rings. The number of para-hydroxylation sites is 1. The third kappa shape index (κ3) is 4.10. The fraction of sp³-hybridized carbons (Fsp3) is 0.412. The van der Waals surface area contributed by atoms with Gasteiger partial charge in [0.1, 0.15) is 5.82 Å². The molecular weight excluding hydrogens is 274 g/mol. The highest BCUT2D eigenvalue weighted by Crippen LogP contribution is 2.22. The molecule has 1 aromatic heterocycles. The quantitative estimate of drug-likeness (QED) is 0.488. The predicted octanol–water partition coefficient (Wildman–Crippen LogP) is 2.51. The zero-order valence-corrected chi connectivity index (χ0v) is 13.6. The van der Waals surface area contributed by atoms with Crippen LogP contribution in [0.25, 0.3) is 10.9 Å². The van der Waals surface area contributed by atoms with Crippen molar-refractivity contribution in [3.63, 3.8) is 0 Å². The summed E-state index contributed by atoms with van der Waals surface area (Å²) in [4.78, 5) is 11.1. The first-order chi connectivity index (χ1) is 10.6. The Kier molecular flexibility index (Phi) is 5.58. The van der Waals surface area contributed by atoms with Crippen LogP contribution in [0.4, 0.5) is 5.82 Å². The Morgan fingerprint density at radius 1 is 1.32 bits per heavy atom. The molecule has 0 aliphatic heterocycles. The van der Waals surface area contributed by atoms with Crippen LogP contribution in [0.15, 0.2) is 35.3 Å². The van der Waals surface area contributed by atoms with Gasteiger partial charge in [-0.1, -0.05) is 31.5 Å². The number of hydrogen-bond donors (Lipinski definition) is 2. The molecule has 0 aliphatic rings. The molecule has 0 saturated heterocycles.